The lowest BCUT2D eigenvalue weighted by molar-refractivity contribution is 0.469. The Morgan fingerprint density at radius 3 is 2.69 bits per heavy atom. The molecule has 0 spiro atoms. The number of pyridine rings is 3. The maximum Gasteiger partial charge on any atom is 0.181 e. The highest BCUT2D eigenvalue weighted by molar-refractivity contribution is 5.96. The second-order valence-corrected chi connectivity index (χ2v) is 7.25. The van der Waals surface area contributed by atoms with Crippen molar-refractivity contribution in [3.05, 3.63) is 72.9 Å². The highest BCUT2D eigenvalue weighted by Gasteiger charge is 2.17. The molecule has 5 heterocycles. The summed E-state index contributed by atoms with van der Waals surface area (Å²) in [6, 6.07) is 13.2. The van der Waals surface area contributed by atoms with Crippen molar-refractivity contribution >= 4 is 22.1 Å². The molecule has 0 aliphatic heterocycles. The van der Waals surface area contributed by atoms with Crippen molar-refractivity contribution in [1.82, 2.24) is 35.1 Å². The Balaban J connectivity index is 1.52. The van der Waals surface area contributed by atoms with Gasteiger partial charge >= 0.3 is 0 Å². The van der Waals surface area contributed by atoms with Gasteiger partial charge in [0.05, 0.1) is 22.3 Å². The maximum absolute atomic E-state index is 13.9. The third-order valence-electron chi connectivity index (χ3n) is 5.16. The van der Waals surface area contributed by atoms with Crippen molar-refractivity contribution in [2.24, 2.45) is 0 Å². The molecule has 32 heavy (non-hydrogen) atoms. The Morgan fingerprint density at radius 1 is 0.906 bits per heavy atom. The van der Waals surface area contributed by atoms with Crippen LogP contribution in [0.25, 0.3) is 56.1 Å². The van der Waals surface area contributed by atoms with Crippen LogP contribution in [0, 0.1) is 5.82 Å². The molecule has 5 aromatic heterocycles. The van der Waals surface area contributed by atoms with Gasteiger partial charge in [0.1, 0.15) is 22.8 Å². The minimum atomic E-state index is -0.553. The van der Waals surface area contributed by atoms with E-state index in [-0.39, 0.29) is 5.75 Å². The summed E-state index contributed by atoms with van der Waals surface area (Å²) in [6.45, 7) is 0. The third kappa shape index (κ3) is 2.95. The number of H-pyrrole nitrogens is 2. The Kier molecular flexibility index (Phi) is 3.94. The fourth-order valence-corrected chi connectivity index (χ4v) is 3.73. The molecule has 0 saturated heterocycles. The molecule has 3 N–H and O–H groups in total. The Bertz CT molecular complexity index is 1590. The lowest BCUT2D eigenvalue weighted by Crippen LogP contribution is -1.87. The quantitative estimate of drug-likeness (QED) is 0.387. The van der Waals surface area contributed by atoms with Gasteiger partial charge in [-0.1, -0.05) is 6.07 Å². The molecule has 8 nitrogen and oxygen atoms in total. The maximum atomic E-state index is 13.9. The van der Waals surface area contributed by atoms with Crippen molar-refractivity contribution in [3.8, 4) is 39.8 Å². The summed E-state index contributed by atoms with van der Waals surface area (Å²) in [5.41, 5.74) is 5.01. The van der Waals surface area contributed by atoms with E-state index in [9.17, 15) is 9.50 Å². The van der Waals surface area contributed by atoms with Gasteiger partial charge < -0.3 is 10.1 Å². The fourth-order valence-electron chi connectivity index (χ4n) is 3.73. The largest absolute Gasteiger partial charge is 0.508 e. The van der Waals surface area contributed by atoms with Crippen LogP contribution < -0.4 is 0 Å². The van der Waals surface area contributed by atoms with E-state index in [0.29, 0.717) is 39.5 Å². The van der Waals surface area contributed by atoms with Crippen LogP contribution in [0.2, 0.25) is 0 Å². The van der Waals surface area contributed by atoms with Gasteiger partial charge in [-0.15, -0.1) is 0 Å². The molecule has 0 amide bonds. The van der Waals surface area contributed by atoms with Crippen molar-refractivity contribution in [2.45, 2.75) is 0 Å². The topological polar surface area (TPSA) is 116 Å². The molecular formula is C23H14FN7O. The van der Waals surface area contributed by atoms with Gasteiger partial charge in [0.15, 0.2) is 11.5 Å². The fraction of sp³-hybridized carbons (Fsp3) is 0. The molecule has 1 aromatic carbocycles. The minimum absolute atomic E-state index is 0.178. The first-order valence-corrected chi connectivity index (χ1v) is 9.76. The van der Waals surface area contributed by atoms with Crippen LogP contribution >= 0.6 is 0 Å². The van der Waals surface area contributed by atoms with Crippen LogP contribution in [0.5, 0.6) is 5.75 Å². The van der Waals surface area contributed by atoms with Crippen LogP contribution in [-0.4, -0.2) is 40.2 Å². The number of rotatable bonds is 3. The molecule has 0 bridgehead atoms. The molecule has 154 valence electrons. The van der Waals surface area contributed by atoms with Gasteiger partial charge in [0, 0.05) is 35.8 Å². The normalized spacial score (nSPS) is 11.4. The van der Waals surface area contributed by atoms with Crippen LogP contribution in [0.1, 0.15) is 0 Å². The summed E-state index contributed by atoms with van der Waals surface area (Å²) >= 11 is 0. The number of aromatic nitrogens is 7. The van der Waals surface area contributed by atoms with Crippen LogP contribution in [0.3, 0.4) is 0 Å². The predicted octanol–water partition coefficient (Wildman–Crippen LogP) is 4.47. The van der Waals surface area contributed by atoms with Gasteiger partial charge in [0.2, 0.25) is 0 Å². The van der Waals surface area contributed by atoms with Crippen LogP contribution in [-0.2, 0) is 0 Å². The second-order valence-electron chi connectivity index (χ2n) is 7.25. The van der Waals surface area contributed by atoms with Crippen molar-refractivity contribution in [1.29, 1.82) is 0 Å². The number of aromatic amines is 2. The van der Waals surface area contributed by atoms with Gasteiger partial charge in [-0.05, 0) is 36.4 Å². The average molecular weight is 423 g/mol. The smallest absolute Gasteiger partial charge is 0.181 e. The number of phenols is 1. The number of imidazole rings is 1. The van der Waals surface area contributed by atoms with E-state index in [1.165, 1.54) is 12.1 Å². The highest BCUT2D eigenvalue weighted by Crippen LogP contribution is 2.32. The van der Waals surface area contributed by atoms with E-state index < -0.39 is 5.82 Å². The SMILES string of the molecule is Oc1cc(F)cc(-c2nccc3[nH]c(-c4[nH]nc5ncc(-c6ccccn6)cc45)nc23)c1. The summed E-state index contributed by atoms with van der Waals surface area (Å²) in [5.74, 6) is -0.193. The van der Waals surface area contributed by atoms with E-state index in [1.807, 2.05) is 24.3 Å². The van der Waals surface area contributed by atoms with E-state index in [0.717, 1.165) is 22.7 Å². The number of phenolic OH excluding ortho intramolecular Hbond substituents is 1. The lowest BCUT2D eigenvalue weighted by atomic mass is 10.1. The summed E-state index contributed by atoms with van der Waals surface area (Å²) in [6.07, 6.45) is 5.06. The second kappa shape index (κ2) is 6.95. The molecule has 6 rings (SSSR count). The van der Waals surface area contributed by atoms with E-state index in [1.54, 1.807) is 24.7 Å². The van der Waals surface area contributed by atoms with Crippen molar-refractivity contribution in [3.63, 3.8) is 0 Å². The van der Waals surface area contributed by atoms with E-state index in [4.69, 9.17) is 4.98 Å². The number of hydrogen-bond acceptors (Lipinski definition) is 6. The van der Waals surface area contributed by atoms with E-state index >= 15 is 0 Å². The summed E-state index contributed by atoms with van der Waals surface area (Å²) in [5, 5.41) is 17.9. The molecular weight excluding hydrogens is 409 g/mol. The zero-order valence-electron chi connectivity index (χ0n) is 16.4. The van der Waals surface area contributed by atoms with Crippen molar-refractivity contribution in [2.75, 3.05) is 0 Å². The number of halogens is 1. The molecule has 0 atom stereocenters. The molecule has 0 fully saturated rings. The first-order valence-electron chi connectivity index (χ1n) is 9.76. The first-order chi connectivity index (χ1) is 15.7. The van der Waals surface area contributed by atoms with Crippen LogP contribution in [0.15, 0.2) is 67.1 Å². The lowest BCUT2D eigenvalue weighted by Gasteiger charge is -2.03. The Hall–Kier alpha value is -4.66. The molecule has 0 radical (unpaired) electrons. The minimum Gasteiger partial charge on any atom is -0.508 e. The number of aromatic hydroxyl groups is 1. The molecule has 0 aliphatic carbocycles. The molecule has 0 unspecified atom stereocenters. The monoisotopic (exact) mass is 423 g/mol. The van der Waals surface area contributed by atoms with Crippen molar-refractivity contribution < 1.29 is 9.50 Å². The number of nitrogens with zero attached hydrogens (tertiary/aromatic N) is 5. The van der Waals surface area contributed by atoms with Crippen LogP contribution in [0.4, 0.5) is 4.39 Å². The average Bonchev–Trinajstić information content (AvgIpc) is 3.42. The first kappa shape index (κ1) is 18.1. The van der Waals surface area contributed by atoms with Gasteiger partial charge in [-0.2, -0.15) is 5.10 Å². The number of fused-ring (bicyclic) bond motifs is 2. The zero-order chi connectivity index (χ0) is 21.7. The molecule has 0 saturated carbocycles. The number of hydrogen-bond donors (Lipinski definition) is 3. The van der Waals surface area contributed by atoms with Gasteiger partial charge in [-0.25, -0.2) is 14.4 Å². The molecule has 9 heteroatoms. The Morgan fingerprint density at radius 2 is 1.84 bits per heavy atom. The standard InChI is InChI=1S/C23H14FN7O/c24-14-7-12(8-15(32)10-14)19-21-18(4-6-26-19)28-23(29-21)20-16-9-13(11-27-22(16)31-30-20)17-3-1-2-5-25-17/h1-11,32H,(H,28,29)(H,27,30,31). The third-order valence-corrected chi connectivity index (χ3v) is 5.16. The molecule has 0 aliphatic rings. The van der Waals surface area contributed by atoms with Gasteiger partial charge in [-0.3, -0.25) is 15.1 Å². The Labute approximate surface area is 179 Å². The summed E-state index contributed by atoms with van der Waals surface area (Å²) in [7, 11) is 0. The summed E-state index contributed by atoms with van der Waals surface area (Å²) < 4.78 is 13.9. The molecule has 6 aromatic rings. The summed E-state index contributed by atoms with van der Waals surface area (Å²) in [4.78, 5) is 21.2. The highest BCUT2D eigenvalue weighted by atomic mass is 19.1. The number of benzene rings is 1. The number of nitrogens with one attached hydrogen (secondary N) is 2. The van der Waals surface area contributed by atoms with Gasteiger partial charge in [0.25, 0.3) is 0 Å². The zero-order valence-corrected chi connectivity index (χ0v) is 16.4. The predicted molar refractivity (Wildman–Crippen MR) is 117 cm³/mol. The van der Waals surface area contributed by atoms with E-state index in [2.05, 4.69) is 30.1 Å².